The number of aromatic nitrogens is 2. The van der Waals surface area contributed by atoms with Gasteiger partial charge in [-0.2, -0.15) is 0 Å². The van der Waals surface area contributed by atoms with Crippen LogP contribution in [-0.4, -0.2) is 35.6 Å². The van der Waals surface area contributed by atoms with Gasteiger partial charge < -0.3 is 5.11 Å². The number of sulfonamides is 1. The Kier molecular flexibility index (Phi) is 4.33. The summed E-state index contributed by atoms with van der Waals surface area (Å²) < 4.78 is 28.3. The Labute approximate surface area is 122 Å². The van der Waals surface area contributed by atoms with Crippen molar-refractivity contribution in [2.75, 3.05) is 6.54 Å². The molecule has 0 bridgehead atoms. The largest absolute Gasteiger partial charge is 0.391 e. The molecule has 0 fully saturated rings. The molecule has 0 saturated heterocycles. The molecule has 1 atom stereocenters. The Morgan fingerprint density at radius 1 is 1.45 bits per heavy atom. The van der Waals surface area contributed by atoms with Crippen molar-refractivity contribution in [1.29, 1.82) is 0 Å². The SMILES string of the molecule is CC(C)C(O)CNS(=O)(=O)c1c(Cl)nc2ccccn12. The normalized spacial score (nSPS) is 14.1. The lowest BCUT2D eigenvalue weighted by atomic mass is 10.1. The summed E-state index contributed by atoms with van der Waals surface area (Å²) in [7, 11) is -3.84. The predicted octanol–water partition coefficient (Wildman–Crippen LogP) is 1.28. The van der Waals surface area contributed by atoms with E-state index in [1.165, 1.54) is 4.40 Å². The first kappa shape index (κ1) is 15.2. The molecular formula is C12H16ClN3O3S. The highest BCUT2D eigenvalue weighted by atomic mass is 35.5. The average molecular weight is 318 g/mol. The van der Waals surface area contributed by atoms with Gasteiger partial charge in [0.05, 0.1) is 6.10 Å². The second-order valence-electron chi connectivity index (χ2n) is 4.80. The Hall–Kier alpha value is -1.15. The van der Waals surface area contributed by atoms with E-state index >= 15 is 0 Å². The van der Waals surface area contributed by atoms with Crippen molar-refractivity contribution in [1.82, 2.24) is 14.1 Å². The Bertz CT molecular complexity index is 712. The summed E-state index contributed by atoms with van der Waals surface area (Å²) in [6, 6.07) is 5.09. The molecule has 0 aromatic carbocycles. The number of rotatable bonds is 5. The monoisotopic (exact) mass is 317 g/mol. The molecule has 6 nitrogen and oxygen atoms in total. The van der Waals surface area contributed by atoms with E-state index in [2.05, 4.69) is 9.71 Å². The smallest absolute Gasteiger partial charge is 0.259 e. The minimum Gasteiger partial charge on any atom is -0.391 e. The first-order valence-electron chi connectivity index (χ1n) is 6.13. The van der Waals surface area contributed by atoms with Crippen molar-refractivity contribution < 1.29 is 13.5 Å². The first-order chi connectivity index (χ1) is 9.33. The fourth-order valence-corrected chi connectivity index (χ4v) is 3.37. The van der Waals surface area contributed by atoms with Gasteiger partial charge in [0.1, 0.15) is 5.65 Å². The minimum absolute atomic E-state index is 0.0460. The molecule has 2 rings (SSSR count). The van der Waals surface area contributed by atoms with E-state index in [1.54, 1.807) is 38.2 Å². The molecular weight excluding hydrogens is 302 g/mol. The predicted molar refractivity (Wildman–Crippen MR) is 76.2 cm³/mol. The highest BCUT2D eigenvalue weighted by molar-refractivity contribution is 7.89. The van der Waals surface area contributed by atoms with Gasteiger partial charge in [-0.1, -0.05) is 31.5 Å². The number of hydrogen-bond acceptors (Lipinski definition) is 4. The summed E-state index contributed by atoms with van der Waals surface area (Å²) in [5, 5.41) is 9.47. The summed E-state index contributed by atoms with van der Waals surface area (Å²) in [5.74, 6) is -0.0460. The quantitative estimate of drug-likeness (QED) is 0.870. The Balaban J connectivity index is 2.35. The third-order valence-corrected chi connectivity index (χ3v) is 4.77. The number of halogens is 1. The lowest BCUT2D eigenvalue weighted by Gasteiger charge is -2.15. The van der Waals surface area contributed by atoms with Crippen LogP contribution in [0.2, 0.25) is 5.15 Å². The maximum absolute atomic E-state index is 12.3. The fourth-order valence-electron chi connectivity index (χ4n) is 1.68. The zero-order valence-corrected chi connectivity index (χ0v) is 12.7. The molecule has 110 valence electrons. The van der Waals surface area contributed by atoms with Crippen molar-refractivity contribution in [3.63, 3.8) is 0 Å². The Morgan fingerprint density at radius 3 is 2.80 bits per heavy atom. The van der Waals surface area contributed by atoms with Gasteiger partial charge in [-0.25, -0.2) is 18.1 Å². The molecule has 0 aliphatic rings. The van der Waals surface area contributed by atoms with Gasteiger partial charge in [-0.05, 0) is 18.1 Å². The van der Waals surface area contributed by atoms with Crippen LogP contribution in [0.1, 0.15) is 13.8 Å². The first-order valence-corrected chi connectivity index (χ1v) is 7.99. The van der Waals surface area contributed by atoms with E-state index in [1.807, 2.05) is 0 Å². The third kappa shape index (κ3) is 2.95. The number of hydrogen-bond donors (Lipinski definition) is 2. The zero-order chi connectivity index (χ0) is 14.9. The van der Waals surface area contributed by atoms with Crippen LogP contribution < -0.4 is 4.72 Å². The van der Waals surface area contributed by atoms with Crippen LogP contribution in [0.25, 0.3) is 5.65 Å². The van der Waals surface area contributed by atoms with E-state index < -0.39 is 16.1 Å². The molecule has 0 saturated carbocycles. The van der Waals surface area contributed by atoms with Gasteiger partial charge in [0.2, 0.25) is 0 Å². The minimum atomic E-state index is -3.84. The summed E-state index contributed by atoms with van der Waals surface area (Å²) in [4.78, 5) is 3.99. The van der Waals surface area contributed by atoms with Gasteiger partial charge >= 0.3 is 0 Å². The molecule has 2 aromatic rings. The number of nitrogens with zero attached hydrogens (tertiary/aromatic N) is 2. The van der Waals surface area contributed by atoms with E-state index in [4.69, 9.17) is 11.6 Å². The van der Waals surface area contributed by atoms with Crippen LogP contribution in [0, 0.1) is 5.92 Å². The molecule has 0 spiro atoms. The van der Waals surface area contributed by atoms with Crippen LogP contribution in [0.3, 0.4) is 0 Å². The van der Waals surface area contributed by atoms with Crippen molar-refractivity contribution in [3.8, 4) is 0 Å². The molecule has 20 heavy (non-hydrogen) atoms. The van der Waals surface area contributed by atoms with Crippen LogP contribution in [0.5, 0.6) is 0 Å². The van der Waals surface area contributed by atoms with Crippen molar-refractivity contribution in [2.24, 2.45) is 5.92 Å². The second kappa shape index (κ2) is 5.69. The summed E-state index contributed by atoms with van der Waals surface area (Å²) in [6.07, 6.45) is 0.810. The van der Waals surface area contributed by atoms with E-state index in [0.29, 0.717) is 5.65 Å². The lowest BCUT2D eigenvalue weighted by molar-refractivity contribution is 0.129. The number of aliphatic hydroxyl groups excluding tert-OH is 1. The number of imidazole rings is 1. The van der Waals surface area contributed by atoms with Crippen molar-refractivity contribution >= 4 is 27.3 Å². The fraction of sp³-hybridized carbons (Fsp3) is 0.417. The molecule has 2 N–H and O–H groups in total. The molecule has 0 aliphatic heterocycles. The van der Waals surface area contributed by atoms with Crippen LogP contribution >= 0.6 is 11.6 Å². The number of pyridine rings is 1. The molecule has 0 aliphatic carbocycles. The molecule has 0 radical (unpaired) electrons. The van der Waals surface area contributed by atoms with E-state index in [9.17, 15) is 13.5 Å². The summed E-state index contributed by atoms with van der Waals surface area (Å²) >= 11 is 5.92. The molecule has 8 heteroatoms. The Morgan fingerprint density at radius 2 is 2.15 bits per heavy atom. The number of fused-ring (bicyclic) bond motifs is 1. The molecule has 0 amide bonds. The van der Waals surface area contributed by atoms with Gasteiger partial charge in [0.25, 0.3) is 10.0 Å². The zero-order valence-electron chi connectivity index (χ0n) is 11.1. The summed E-state index contributed by atoms with van der Waals surface area (Å²) in [6.45, 7) is 3.54. The van der Waals surface area contributed by atoms with Crippen molar-refractivity contribution in [3.05, 3.63) is 29.5 Å². The molecule has 2 heterocycles. The highest BCUT2D eigenvalue weighted by Gasteiger charge is 2.25. The van der Waals surface area contributed by atoms with Crippen LogP contribution in [0.4, 0.5) is 0 Å². The van der Waals surface area contributed by atoms with Gasteiger partial charge in [-0.15, -0.1) is 0 Å². The average Bonchev–Trinajstić information content (AvgIpc) is 2.72. The van der Waals surface area contributed by atoms with Gasteiger partial charge in [0.15, 0.2) is 10.2 Å². The molecule has 1 unspecified atom stereocenters. The molecule has 2 aromatic heterocycles. The number of aliphatic hydroxyl groups is 1. The summed E-state index contributed by atoms with van der Waals surface area (Å²) in [5.41, 5.74) is 0.447. The van der Waals surface area contributed by atoms with Crippen LogP contribution in [-0.2, 0) is 10.0 Å². The van der Waals surface area contributed by atoms with Gasteiger partial charge in [0, 0.05) is 12.7 Å². The lowest BCUT2D eigenvalue weighted by Crippen LogP contribution is -2.35. The van der Waals surface area contributed by atoms with Gasteiger partial charge in [-0.3, -0.25) is 4.40 Å². The number of nitrogens with one attached hydrogen (secondary N) is 1. The maximum Gasteiger partial charge on any atom is 0.259 e. The topological polar surface area (TPSA) is 83.7 Å². The standard InChI is InChI=1S/C12H16ClN3O3S/c1-8(2)9(17)7-14-20(18,19)12-11(13)15-10-5-3-4-6-16(10)12/h3-6,8-9,14,17H,7H2,1-2H3. The highest BCUT2D eigenvalue weighted by Crippen LogP contribution is 2.22. The van der Waals surface area contributed by atoms with Crippen LogP contribution in [0.15, 0.2) is 29.4 Å². The maximum atomic E-state index is 12.3. The van der Waals surface area contributed by atoms with E-state index in [0.717, 1.165) is 0 Å². The third-order valence-electron chi connectivity index (χ3n) is 2.95. The van der Waals surface area contributed by atoms with Crippen molar-refractivity contribution in [2.45, 2.75) is 25.0 Å². The second-order valence-corrected chi connectivity index (χ2v) is 6.84. The van der Waals surface area contributed by atoms with E-state index in [-0.39, 0.29) is 22.6 Å².